The van der Waals surface area contributed by atoms with Crippen molar-refractivity contribution in [2.24, 2.45) is 0 Å². The van der Waals surface area contributed by atoms with Crippen LogP contribution in [0.3, 0.4) is 0 Å². The lowest BCUT2D eigenvalue weighted by Crippen LogP contribution is -1.93. The summed E-state index contributed by atoms with van der Waals surface area (Å²) < 4.78 is 26.8. The summed E-state index contributed by atoms with van der Waals surface area (Å²) >= 11 is 1.05. The molecule has 0 unspecified atom stereocenters. The van der Waals surface area contributed by atoms with Crippen LogP contribution in [0.1, 0.15) is 17.4 Å². The van der Waals surface area contributed by atoms with Gasteiger partial charge in [0.25, 0.3) is 0 Å². The first kappa shape index (κ1) is 10.9. The van der Waals surface area contributed by atoms with Crippen LogP contribution in [-0.2, 0) is 0 Å². The van der Waals surface area contributed by atoms with Crippen molar-refractivity contribution in [1.29, 1.82) is 0 Å². The predicted octanol–water partition coefficient (Wildman–Crippen LogP) is 3.29. The van der Waals surface area contributed by atoms with Gasteiger partial charge in [-0.15, -0.1) is 11.3 Å². The van der Waals surface area contributed by atoms with E-state index < -0.39 is 11.6 Å². The molecular formula is C11H7F2NOS. The Bertz CT molecular complexity index is 530. The van der Waals surface area contributed by atoms with Gasteiger partial charge in [0.05, 0.1) is 5.56 Å². The summed E-state index contributed by atoms with van der Waals surface area (Å²) in [7, 11) is 0. The zero-order chi connectivity index (χ0) is 11.7. The lowest BCUT2D eigenvalue weighted by atomic mass is 10.2. The number of halogens is 2. The van der Waals surface area contributed by atoms with E-state index in [0.29, 0.717) is 0 Å². The number of thiazole rings is 1. The van der Waals surface area contributed by atoms with Crippen molar-refractivity contribution in [3.8, 4) is 10.6 Å². The molecule has 0 N–H and O–H groups in total. The minimum Gasteiger partial charge on any atom is -0.293 e. The Labute approximate surface area is 94.6 Å². The van der Waals surface area contributed by atoms with E-state index in [-0.39, 0.29) is 22.0 Å². The molecule has 0 aliphatic rings. The van der Waals surface area contributed by atoms with Crippen LogP contribution in [0.4, 0.5) is 8.78 Å². The van der Waals surface area contributed by atoms with E-state index in [2.05, 4.69) is 4.98 Å². The summed E-state index contributed by atoms with van der Waals surface area (Å²) in [5, 5.41) is 1.67. The smallest absolute Gasteiger partial charge is 0.178 e. The van der Waals surface area contributed by atoms with Gasteiger partial charge in [-0.3, -0.25) is 4.79 Å². The van der Waals surface area contributed by atoms with Crippen molar-refractivity contribution < 1.29 is 13.6 Å². The van der Waals surface area contributed by atoms with Gasteiger partial charge in [0.15, 0.2) is 5.78 Å². The van der Waals surface area contributed by atoms with Crippen LogP contribution in [0.5, 0.6) is 0 Å². The second-order valence-electron chi connectivity index (χ2n) is 3.19. The van der Waals surface area contributed by atoms with Gasteiger partial charge in [-0.05, 0) is 12.1 Å². The maximum absolute atomic E-state index is 13.4. The Kier molecular flexibility index (Phi) is 2.78. The molecule has 0 aliphatic heterocycles. The quantitative estimate of drug-likeness (QED) is 0.753. The predicted molar refractivity (Wildman–Crippen MR) is 57.5 cm³/mol. The van der Waals surface area contributed by atoms with Crippen molar-refractivity contribution in [1.82, 2.24) is 4.98 Å². The average molecular weight is 239 g/mol. The minimum absolute atomic E-state index is 0.181. The van der Waals surface area contributed by atoms with Crippen LogP contribution < -0.4 is 0 Å². The molecule has 1 heterocycles. The number of rotatable bonds is 2. The fraction of sp³-hybridized carbons (Fsp3) is 0.0909. The number of aromatic nitrogens is 1. The largest absolute Gasteiger partial charge is 0.293 e. The van der Waals surface area contributed by atoms with E-state index >= 15 is 0 Å². The van der Waals surface area contributed by atoms with E-state index in [1.54, 1.807) is 0 Å². The van der Waals surface area contributed by atoms with Crippen molar-refractivity contribution in [3.63, 3.8) is 0 Å². The summed E-state index contributed by atoms with van der Waals surface area (Å²) in [6.45, 7) is 1.36. The Balaban J connectivity index is 2.54. The van der Waals surface area contributed by atoms with E-state index in [4.69, 9.17) is 0 Å². The molecule has 0 saturated carbocycles. The molecule has 5 heteroatoms. The molecule has 0 saturated heterocycles. The lowest BCUT2D eigenvalue weighted by molar-refractivity contribution is 0.101. The van der Waals surface area contributed by atoms with Crippen LogP contribution >= 0.6 is 11.3 Å². The maximum atomic E-state index is 13.4. The maximum Gasteiger partial charge on any atom is 0.178 e. The highest BCUT2D eigenvalue weighted by Crippen LogP contribution is 2.28. The summed E-state index contributed by atoms with van der Waals surface area (Å²) in [5.74, 6) is -1.58. The van der Waals surface area contributed by atoms with Crippen LogP contribution in [0, 0.1) is 11.6 Å². The highest BCUT2D eigenvalue weighted by Gasteiger charge is 2.15. The number of ketones is 1. The van der Waals surface area contributed by atoms with Gasteiger partial charge in [0.1, 0.15) is 22.3 Å². The topological polar surface area (TPSA) is 30.0 Å². The molecule has 0 spiro atoms. The Morgan fingerprint density at radius 1 is 1.31 bits per heavy atom. The first-order valence-corrected chi connectivity index (χ1v) is 5.38. The summed E-state index contributed by atoms with van der Waals surface area (Å²) in [6, 6.07) is 3.61. The van der Waals surface area contributed by atoms with Crippen LogP contribution in [0.15, 0.2) is 23.6 Å². The fourth-order valence-electron chi connectivity index (χ4n) is 1.25. The third-order valence-corrected chi connectivity index (χ3v) is 2.90. The Morgan fingerprint density at radius 2 is 1.94 bits per heavy atom. The van der Waals surface area contributed by atoms with E-state index in [1.165, 1.54) is 18.4 Å². The van der Waals surface area contributed by atoms with E-state index in [9.17, 15) is 13.6 Å². The second kappa shape index (κ2) is 4.09. The normalized spacial score (nSPS) is 10.4. The third-order valence-electron chi connectivity index (χ3n) is 2.04. The summed E-state index contributed by atoms with van der Waals surface area (Å²) in [5.41, 5.74) is 0.0441. The van der Waals surface area contributed by atoms with Gasteiger partial charge in [-0.25, -0.2) is 13.8 Å². The summed E-state index contributed by atoms with van der Waals surface area (Å²) in [4.78, 5) is 14.9. The molecule has 1 aromatic heterocycles. The van der Waals surface area contributed by atoms with Crippen LogP contribution in [0.2, 0.25) is 0 Å². The molecule has 0 aliphatic carbocycles. The fourth-order valence-corrected chi connectivity index (χ4v) is 2.16. The second-order valence-corrected chi connectivity index (χ2v) is 4.05. The van der Waals surface area contributed by atoms with Crippen LogP contribution in [-0.4, -0.2) is 10.8 Å². The monoisotopic (exact) mass is 239 g/mol. The van der Waals surface area contributed by atoms with Gasteiger partial charge in [0, 0.05) is 12.3 Å². The standard InChI is InChI=1S/C11H7F2NOS/c1-6(15)9-5-16-11(14-9)10-7(12)3-2-4-8(10)13/h2-5H,1H3. The zero-order valence-corrected chi connectivity index (χ0v) is 9.15. The molecule has 2 nitrogen and oxygen atoms in total. The molecule has 2 rings (SSSR count). The Morgan fingerprint density at radius 3 is 2.44 bits per heavy atom. The van der Waals surface area contributed by atoms with Gasteiger partial charge < -0.3 is 0 Å². The molecule has 0 bridgehead atoms. The molecular weight excluding hydrogens is 232 g/mol. The number of carbonyl (C=O) groups excluding carboxylic acids is 1. The van der Waals surface area contributed by atoms with Gasteiger partial charge in [-0.2, -0.15) is 0 Å². The van der Waals surface area contributed by atoms with Gasteiger partial charge in [-0.1, -0.05) is 6.07 Å². The zero-order valence-electron chi connectivity index (χ0n) is 8.33. The van der Waals surface area contributed by atoms with E-state index in [1.807, 2.05) is 0 Å². The molecule has 2 aromatic rings. The van der Waals surface area contributed by atoms with Crippen LogP contribution in [0.25, 0.3) is 10.6 Å². The van der Waals surface area contributed by atoms with Crippen molar-refractivity contribution in [2.75, 3.05) is 0 Å². The average Bonchev–Trinajstić information content (AvgIpc) is 2.66. The number of hydrogen-bond acceptors (Lipinski definition) is 3. The third kappa shape index (κ3) is 1.86. The summed E-state index contributed by atoms with van der Waals surface area (Å²) in [6.07, 6.45) is 0. The number of hydrogen-bond donors (Lipinski definition) is 0. The number of Topliss-reactive ketones (excluding diaryl/α,β-unsaturated/α-hetero) is 1. The molecule has 82 valence electrons. The number of benzene rings is 1. The number of carbonyl (C=O) groups is 1. The first-order chi connectivity index (χ1) is 7.59. The first-order valence-electron chi connectivity index (χ1n) is 4.50. The van der Waals surface area contributed by atoms with Crippen molar-refractivity contribution >= 4 is 17.1 Å². The highest BCUT2D eigenvalue weighted by atomic mass is 32.1. The molecule has 0 amide bonds. The van der Waals surface area contributed by atoms with E-state index in [0.717, 1.165) is 23.5 Å². The van der Waals surface area contributed by atoms with Gasteiger partial charge >= 0.3 is 0 Å². The van der Waals surface area contributed by atoms with Crippen molar-refractivity contribution in [3.05, 3.63) is 40.9 Å². The molecule has 16 heavy (non-hydrogen) atoms. The molecule has 0 radical (unpaired) electrons. The molecule has 0 atom stereocenters. The van der Waals surface area contributed by atoms with Crippen molar-refractivity contribution in [2.45, 2.75) is 6.92 Å². The molecule has 0 fully saturated rings. The minimum atomic E-state index is -0.676. The highest BCUT2D eigenvalue weighted by molar-refractivity contribution is 7.13. The number of nitrogens with zero attached hydrogens (tertiary/aromatic N) is 1. The lowest BCUT2D eigenvalue weighted by Gasteiger charge is -1.99. The molecule has 1 aromatic carbocycles. The Hall–Kier alpha value is -1.62. The van der Waals surface area contributed by atoms with Gasteiger partial charge in [0.2, 0.25) is 0 Å². The SMILES string of the molecule is CC(=O)c1csc(-c2c(F)cccc2F)n1.